The Morgan fingerprint density at radius 3 is 3.08 bits per heavy atom. The van der Waals surface area contributed by atoms with E-state index in [9.17, 15) is 4.79 Å². The van der Waals surface area contributed by atoms with Crippen LogP contribution in [0.2, 0.25) is 0 Å². The van der Waals surface area contributed by atoms with Crippen LogP contribution in [-0.4, -0.2) is 48.4 Å². The predicted octanol–water partition coefficient (Wildman–Crippen LogP) is 1.66. The minimum atomic E-state index is -0.394. The number of rotatable bonds is 8. The molecule has 1 atom stereocenters. The highest BCUT2D eigenvalue weighted by atomic mass is 16.5. The molecule has 1 fully saturated rings. The number of nitrogens with zero attached hydrogens (tertiary/aromatic N) is 1. The van der Waals surface area contributed by atoms with Crippen LogP contribution in [0.15, 0.2) is 12.1 Å². The van der Waals surface area contributed by atoms with Gasteiger partial charge in [0.05, 0.1) is 7.11 Å². The van der Waals surface area contributed by atoms with Gasteiger partial charge in [-0.1, -0.05) is 6.07 Å². The number of carbonyl (C=O) groups is 1. The highest BCUT2D eigenvalue weighted by Crippen LogP contribution is 2.32. The van der Waals surface area contributed by atoms with E-state index in [1.165, 1.54) is 19.1 Å². The van der Waals surface area contributed by atoms with Gasteiger partial charge in [0.1, 0.15) is 11.9 Å². The summed E-state index contributed by atoms with van der Waals surface area (Å²) < 4.78 is 4.79. The van der Waals surface area contributed by atoms with Crippen LogP contribution in [0.5, 0.6) is 0 Å². The summed E-state index contributed by atoms with van der Waals surface area (Å²) in [7, 11) is 1.39. The van der Waals surface area contributed by atoms with Crippen molar-refractivity contribution >= 4 is 11.8 Å². The Morgan fingerprint density at radius 1 is 1.48 bits per heavy atom. The number of aromatic nitrogens is 1. The molecule has 0 saturated heterocycles. The molecular weight excluding hydrogens is 318 g/mol. The van der Waals surface area contributed by atoms with Gasteiger partial charge in [-0.2, -0.15) is 0 Å². The number of anilines is 1. The highest BCUT2D eigenvalue weighted by molar-refractivity contribution is 5.75. The van der Waals surface area contributed by atoms with Gasteiger partial charge in [0.25, 0.3) is 0 Å². The summed E-state index contributed by atoms with van der Waals surface area (Å²) in [6, 6.07) is 4.33. The van der Waals surface area contributed by atoms with Crippen molar-refractivity contribution in [1.29, 1.82) is 0 Å². The molecule has 0 bridgehead atoms. The van der Waals surface area contributed by atoms with E-state index in [0.717, 1.165) is 50.2 Å². The summed E-state index contributed by atoms with van der Waals surface area (Å²) in [6.07, 6.45) is 6.99. The second-order valence-electron chi connectivity index (χ2n) is 7.17. The van der Waals surface area contributed by atoms with Crippen molar-refractivity contribution in [2.75, 3.05) is 25.6 Å². The number of methoxy groups -OCH3 is 1. The zero-order valence-corrected chi connectivity index (χ0v) is 15.0. The predicted molar refractivity (Wildman–Crippen MR) is 96.5 cm³/mol. The molecule has 0 radical (unpaired) electrons. The van der Waals surface area contributed by atoms with Gasteiger partial charge in [-0.15, -0.1) is 0 Å². The Balaban J connectivity index is 1.41. The Bertz CT molecular complexity index is 587. The van der Waals surface area contributed by atoms with Gasteiger partial charge in [-0.25, -0.2) is 4.98 Å². The molecule has 1 aromatic heterocycles. The van der Waals surface area contributed by atoms with Crippen LogP contribution in [0.4, 0.5) is 5.82 Å². The van der Waals surface area contributed by atoms with Crippen LogP contribution in [0.1, 0.15) is 43.4 Å². The normalized spacial score (nSPS) is 23.1. The number of carbonyl (C=O) groups excluding carboxylic acids is 1. The molecule has 1 aliphatic carbocycles. The molecule has 3 rings (SSSR count). The van der Waals surface area contributed by atoms with Gasteiger partial charge in [0.2, 0.25) is 0 Å². The Labute approximate surface area is 149 Å². The van der Waals surface area contributed by atoms with Crippen molar-refractivity contribution in [3.63, 3.8) is 0 Å². The molecule has 138 valence electrons. The molecule has 1 saturated carbocycles. The first-order valence-electron chi connectivity index (χ1n) is 9.37. The van der Waals surface area contributed by atoms with E-state index in [-0.39, 0.29) is 12.6 Å². The number of hydrogen-bond donors (Lipinski definition) is 3. The van der Waals surface area contributed by atoms with E-state index >= 15 is 0 Å². The SMILES string of the molecule is COC(=O)[C@H](CCO)N[C@H]1C[C@H](CCc2ccc3c(n2)NCCC3)C1. The van der Waals surface area contributed by atoms with Gasteiger partial charge in [-0.05, 0) is 62.5 Å². The lowest BCUT2D eigenvalue weighted by molar-refractivity contribution is -0.144. The summed E-state index contributed by atoms with van der Waals surface area (Å²) in [5, 5.41) is 15.8. The molecule has 0 amide bonds. The van der Waals surface area contributed by atoms with Crippen LogP contribution in [-0.2, 0) is 22.4 Å². The fourth-order valence-corrected chi connectivity index (χ4v) is 3.79. The van der Waals surface area contributed by atoms with Crippen molar-refractivity contribution in [3.8, 4) is 0 Å². The second kappa shape index (κ2) is 8.63. The number of ether oxygens (including phenoxy) is 1. The highest BCUT2D eigenvalue weighted by Gasteiger charge is 2.32. The smallest absolute Gasteiger partial charge is 0.322 e. The first-order chi connectivity index (χ1) is 12.2. The third-order valence-electron chi connectivity index (χ3n) is 5.34. The molecule has 2 heterocycles. The lowest BCUT2D eigenvalue weighted by atomic mass is 9.77. The number of aliphatic hydroxyl groups excluding tert-OH is 1. The van der Waals surface area contributed by atoms with E-state index in [4.69, 9.17) is 14.8 Å². The number of fused-ring (bicyclic) bond motifs is 1. The monoisotopic (exact) mass is 347 g/mol. The van der Waals surface area contributed by atoms with E-state index in [1.807, 2.05) is 0 Å². The first kappa shape index (κ1) is 18.1. The molecule has 0 aromatic carbocycles. The molecule has 3 N–H and O–H groups in total. The van der Waals surface area contributed by atoms with Crippen molar-refractivity contribution in [3.05, 3.63) is 23.4 Å². The van der Waals surface area contributed by atoms with Crippen molar-refractivity contribution in [2.45, 2.75) is 57.0 Å². The average molecular weight is 347 g/mol. The quantitative estimate of drug-likeness (QED) is 0.621. The summed E-state index contributed by atoms with van der Waals surface area (Å²) in [6.45, 7) is 1.01. The fraction of sp³-hybridized carbons (Fsp3) is 0.684. The van der Waals surface area contributed by atoms with Crippen LogP contribution in [0.25, 0.3) is 0 Å². The van der Waals surface area contributed by atoms with Gasteiger partial charge >= 0.3 is 5.97 Å². The van der Waals surface area contributed by atoms with Gasteiger partial charge in [0, 0.05) is 24.9 Å². The topological polar surface area (TPSA) is 83.5 Å². The number of esters is 1. The van der Waals surface area contributed by atoms with Gasteiger partial charge in [0.15, 0.2) is 0 Å². The van der Waals surface area contributed by atoms with Crippen molar-refractivity contribution in [2.24, 2.45) is 5.92 Å². The number of pyridine rings is 1. The third kappa shape index (κ3) is 4.70. The first-order valence-corrected chi connectivity index (χ1v) is 9.37. The molecular formula is C19H29N3O3. The molecule has 0 spiro atoms. The lowest BCUT2D eigenvalue weighted by Crippen LogP contribution is -2.50. The summed E-state index contributed by atoms with van der Waals surface area (Å²) in [5.41, 5.74) is 2.50. The van der Waals surface area contributed by atoms with Crippen LogP contribution >= 0.6 is 0 Å². The average Bonchev–Trinajstić information content (AvgIpc) is 2.61. The molecule has 1 aromatic rings. The third-order valence-corrected chi connectivity index (χ3v) is 5.34. The van der Waals surface area contributed by atoms with Crippen LogP contribution in [0, 0.1) is 5.92 Å². The van der Waals surface area contributed by atoms with E-state index in [2.05, 4.69) is 22.8 Å². The molecule has 2 aliphatic rings. The van der Waals surface area contributed by atoms with Crippen LogP contribution < -0.4 is 10.6 Å². The van der Waals surface area contributed by atoms with Crippen molar-refractivity contribution < 1.29 is 14.6 Å². The number of aliphatic hydroxyl groups is 1. The lowest BCUT2D eigenvalue weighted by Gasteiger charge is -2.38. The fourth-order valence-electron chi connectivity index (χ4n) is 3.79. The zero-order valence-electron chi connectivity index (χ0n) is 15.0. The molecule has 6 heteroatoms. The summed E-state index contributed by atoms with van der Waals surface area (Å²) in [4.78, 5) is 16.4. The molecule has 1 aliphatic heterocycles. The minimum absolute atomic E-state index is 0.0129. The van der Waals surface area contributed by atoms with Crippen LogP contribution in [0.3, 0.4) is 0 Å². The van der Waals surface area contributed by atoms with Crippen molar-refractivity contribution in [1.82, 2.24) is 10.3 Å². The molecule has 0 unspecified atom stereocenters. The zero-order chi connectivity index (χ0) is 17.6. The molecule has 6 nitrogen and oxygen atoms in total. The largest absolute Gasteiger partial charge is 0.468 e. The minimum Gasteiger partial charge on any atom is -0.468 e. The summed E-state index contributed by atoms with van der Waals surface area (Å²) >= 11 is 0. The Hall–Kier alpha value is -1.66. The molecule has 25 heavy (non-hydrogen) atoms. The summed E-state index contributed by atoms with van der Waals surface area (Å²) in [5.74, 6) is 1.46. The van der Waals surface area contributed by atoms with E-state index in [1.54, 1.807) is 0 Å². The van der Waals surface area contributed by atoms with E-state index in [0.29, 0.717) is 18.4 Å². The van der Waals surface area contributed by atoms with E-state index < -0.39 is 6.04 Å². The standard InChI is InChI=1S/C19H29N3O3/c1-25-19(24)17(8-10-23)21-16-11-13(12-16)4-6-15-7-5-14-3-2-9-20-18(14)22-15/h5,7,13,16-17,21,23H,2-4,6,8-12H2,1H3,(H,20,22)/t13-,16-,17-/m0/s1. The number of hydrogen-bond acceptors (Lipinski definition) is 6. The Morgan fingerprint density at radius 2 is 2.32 bits per heavy atom. The Kier molecular flexibility index (Phi) is 6.26. The maximum Gasteiger partial charge on any atom is 0.322 e. The number of nitrogens with one attached hydrogen (secondary N) is 2. The maximum absolute atomic E-state index is 11.7. The van der Waals surface area contributed by atoms with Gasteiger partial charge < -0.3 is 20.5 Å². The maximum atomic E-state index is 11.7. The number of aryl methyl sites for hydroxylation is 2. The van der Waals surface area contributed by atoms with Gasteiger partial charge in [-0.3, -0.25) is 4.79 Å². The second-order valence-corrected chi connectivity index (χ2v) is 7.17.